The van der Waals surface area contributed by atoms with E-state index in [2.05, 4.69) is 77.6 Å². The molecule has 0 aliphatic carbocycles. The minimum Gasteiger partial charge on any atom is -0.349 e. The molecule has 0 saturated carbocycles. The summed E-state index contributed by atoms with van der Waals surface area (Å²) < 4.78 is 0. The molecule has 0 aromatic carbocycles. The molecule has 0 bridgehead atoms. The van der Waals surface area contributed by atoms with E-state index in [-0.39, 0.29) is 11.1 Å². The van der Waals surface area contributed by atoms with E-state index >= 15 is 0 Å². The van der Waals surface area contributed by atoms with Crippen molar-refractivity contribution in [2.24, 2.45) is 0 Å². The van der Waals surface area contributed by atoms with Gasteiger partial charge in [0.2, 0.25) is 17.8 Å². The fourth-order valence-electron chi connectivity index (χ4n) is 2.36. The number of piperidine rings is 1. The smallest absolute Gasteiger partial charge is 0.244 e. The van der Waals surface area contributed by atoms with Crippen molar-refractivity contribution in [2.75, 3.05) is 29.1 Å². The molecule has 1 fully saturated rings. The monoisotopic (exact) mass is 321 g/mol. The molecule has 2 rings (SSSR count). The average molecular weight is 321 g/mol. The minimum absolute atomic E-state index is 0.108. The molecule has 2 heterocycles. The topological polar surface area (TPSA) is 78.0 Å². The molecule has 1 aromatic rings. The van der Waals surface area contributed by atoms with Crippen molar-refractivity contribution < 1.29 is 0 Å². The third kappa shape index (κ3) is 6.56. The Bertz CT molecular complexity index is 476. The molecule has 0 radical (unpaired) electrons. The van der Waals surface area contributed by atoms with Gasteiger partial charge in [-0.2, -0.15) is 15.0 Å². The van der Waals surface area contributed by atoms with Crippen molar-refractivity contribution in [1.29, 1.82) is 0 Å². The van der Waals surface area contributed by atoms with E-state index < -0.39 is 0 Å². The van der Waals surface area contributed by atoms with Crippen LogP contribution in [0.2, 0.25) is 0 Å². The van der Waals surface area contributed by atoms with Crippen LogP contribution >= 0.6 is 0 Å². The summed E-state index contributed by atoms with van der Waals surface area (Å²) in [6, 6.07) is 0. The molecule has 1 aliphatic rings. The Labute approximate surface area is 139 Å². The molecular formula is C16H31N7. The summed E-state index contributed by atoms with van der Waals surface area (Å²) in [5, 5.41) is 8.83. The van der Waals surface area contributed by atoms with Crippen LogP contribution in [0, 0.1) is 0 Å². The van der Waals surface area contributed by atoms with Gasteiger partial charge in [-0.05, 0) is 54.4 Å². The predicted octanol–water partition coefficient (Wildman–Crippen LogP) is 3.11. The summed E-state index contributed by atoms with van der Waals surface area (Å²) in [7, 11) is 0. The van der Waals surface area contributed by atoms with Crippen molar-refractivity contribution >= 4 is 17.8 Å². The lowest BCUT2D eigenvalue weighted by Gasteiger charge is -2.28. The summed E-state index contributed by atoms with van der Waals surface area (Å²) in [6.07, 6.45) is 3.71. The summed E-state index contributed by atoms with van der Waals surface area (Å²) in [6.45, 7) is 14.6. The van der Waals surface area contributed by atoms with Gasteiger partial charge in [0.15, 0.2) is 0 Å². The zero-order chi connectivity index (χ0) is 17.1. The Balaban J connectivity index is 2.20. The molecule has 130 valence electrons. The molecule has 0 spiro atoms. The summed E-state index contributed by atoms with van der Waals surface area (Å²) >= 11 is 0. The maximum atomic E-state index is 4.52. The number of nitrogens with zero attached hydrogens (tertiary/aromatic N) is 4. The standard InChI is InChI=1S/C16H31N7/c1-15(2,3)20-12-17-13(21-16(4,5)6)19-14(18-12)22-23-10-8-7-9-11-23/h7-11H2,1-6H3,(H3,17,18,19,20,21,22). The largest absolute Gasteiger partial charge is 0.349 e. The van der Waals surface area contributed by atoms with E-state index in [0.717, 1.165) is 13.1 Å². The second kappa shape index (κ2) is 6.86. The van der Waals surface area contributed by atoms with Crippen molar-refractivity contribution in [2.45, 2.75) is 71.9 Å². The second-order valence-electron chi connectivity index (χ2n) is 8.22. The van der Waals surface area contributed by atoms with Crippen LogP contribution in [0.5, 0.6) is 0 Å². The van der Waals surface area contributed by atoms with Crippen LogP contribution in [0.3, 0.4) is 0 Å². The van der Waals surface area contributed by atoms with E-state index in [1.165, 1.54) is 19.3 Å². The molecular weight excluding hydrogens is 290 g/mol. The highest BCUT2D eigenvalue weighted by Crippen LogP contribution is 2.18. The summed E-state index contributed by atoms with van der Waals surface area (Å²) in [4.78, 5) is 13.5. The van der Waals surface area contributed by atoms with Gasteiger partial charge in [0.05, 0.1) is 0 Å². The van der Waals surface area contributed by atoms with Crippen molar-refractivity contribution in [3.63, 3.8) is 0 Å². The Hall–Kier alpha value is -1.63. The minimum atomic E-state index is -0.108. The van der Waals surface area contributed by atoms with Gasteiger partial charge in [-0.3, -0.25) is 5.43 Å². The molecule has 7 nitrogen and oxygen atoms in total. The Morgan fingerprint density at radius 1 is 0.696 bits per heavy atom. The molecule has 1 saturated heterocycles. The van der Waals surface area contributed by atoms with E-state index in [9.17, 15) is 0 Å². The van der Waals surface area contributed by atoms with Crippen LogP contribution in [0.25, 0.3) is 0 Å². The number of anilines is 3. The predicted molar refractivity (Wildman–Crippen MR) is 95.6 cm³/mol. The lowest BCUT2D eigenvalue weighted by molar-refractivity contribution is 0.271. The average Bonchev–Trinajstić information content (AvgIpc) is 2.35. The third-order valence-corrected chi connectivity index (χ3v) is 3.22. The van der Waals surface area contributed by atoms with Crippen molar-refractivity contribution in [3.05, 3.63) is 0 Å². The molecule has 3 N–H and O–H groups in total. The first-order valence-corrected chi connectivity index (χ1v) is 8.45. The number of hydrogen-bond donors (Lipinski definition) is 3. The molecule has 1 aliphatic heterocycles. The number of nitrogens with one attached hydrogen (secondary N) is 3. The Morgan fingerprint density at radius 2 is 1.13 bits per heavy atom. The Morgan fingerprint density at radius 3 is 1.57 bits per heavy atom. The maximum absolute atomic E-state index is 4.52. The number of rotatable bonds is 4. The van der Waals surface area contributed by atoms with Crippen molar-refractivity contribution in [1.82, 2.24) is 20.0 Å². The van der Waals surface area contributed by atoms with Crippen LogP contribution in [0.4, 0.5) is 17.8 Å². The van der Waals surface area contributed by atoms with Crippen LogP contribution in [-0.2, 0) is 0 Å². The fraction of sp³-hybridized carbons (Fsp3) is 0.812. The molecule has 0 atom stereocenters. The molecule has 23 heavy (non-hydrogen) atoms. The highest BCUT2D eigenvalue weighted by atomic mass is 15.5. The van der Waals surface area contributed by atoms with Gasteiger partial charge in [-0.15, -0.1) is 0 Å². The van der Waals surface area contributed by atoms with Gasteiger partial charge >= 0.3 is 0 Å². The van der Waals surface area contributed by atoms with Gasteiger partial charge in [-0.25, -0.2) is 5.01 Å². The third-order valence-electron chi connectivity index (χ3n) is 3.22. The highest BCUT2D eigenvalue weighted by Gasteiger charge is 2.18. The summed E-state index contributed by atoms with van der Waals surface area (Å²) in [5.74, 6) is 1.75. The van der Waals surface area contributed by atoms with E-state index in [1.807, 2.05) is 0 Å². The normalized spacial score (nSPS) is 17.0. The van der Waals surface area contributed by atoms with Gasteiger partial charge in [0.1, 0.15) is 0 Å². The maximum Gasteiger partial charge on any atom is 0.244 e. The van der Waals surface area contributed by atoms with E-state index in [0.29, 0.717) is 17.8 Å². The molecule has 0 amide bonds. The second-order valence-corrected chi connectivity index (χ2v) is 8.22. The van der Waals surface area contributed by atoms with Crippen LogP contribution in [-0.4, -0.2) is 44.1 Å². The first-order chi connectivity index (χ1) is 10.6. The zero-order valence-electron chi connectivity index (χ0n) is 15.3. The SMILES string of the molecule is CC(C)(C)Nc1nc(NN2CCCCC2)nc(NC(C)(C)C)n1. The van der Waals surface area contributed by atoms with Gasteiger partial charge < -0.3 is 10.6 Å². The fourth-order valence-corrected chi connectivity index (χ4v) is 2.36. The lowest BCUT2D eigenvalue weighted by atomic mass is 10.1. The number of hydrazine groups is 1. The Kier molecular flexibility index (Phi) is 5.29. The molecule has 0 unspecified atom stereocenters. The number of hydrogen-bond acceptors (Lipinski definition) is 7. The first kappa shape index (κ1) is 17.7. The van der Waals surface area contributed by atoms with Crippen LogP contribution in [0.1, 0.15) is 60.8 Å². The number of aromatic nitrogens is 3. The van der Waals surface area contributed by atoms with Crippen LogP contribution < -0.4 is 16.1 Å². The first-order valence-electron chi connectivity index (χ1n) is 8.45. The summed E-state index contributed by atoms with van der Waals surface area (Å²) in [5.41, 5.74) is 3.11. The van der Waals surface area contributed by atoms with Gasteiger partial charge in [0.25, 0.3) is 0 Å². The quantitative estimate of drug-likeness (QED) is 0.786. The van der Waals surface area contributed by atoms with Crippen LogP contribution in [0.15, 0.2) is 0 Å². The highest BCUT2D eigenvalue weighted by molar-refractivity contribution is 5.43. The van der Waals surface area contributed by atoms with Crippen molar-refractivity contribution in [3.8, 4) is 0 Å². The van der Waals surface area contributed by atoms with Gasteiger partial charge in [0, 0.05) is 24.2 Å². The zero-order valence-corrected chi connectivity index (χ0v) is 15.3. The van der Waals surface area contributed by atoms with E-state index in [4.69, 9.17) is 0 Å². The van der Waals surface area contributed by atoms with Gasteiger partial charge in [-0.1, -0.05) is 6.42 Å². The molecule has 1 aromatic heterocycles. The van der Waals surface area contributed by atoms with E-state index in [1.54, 1.807) is 0 Å². The lowest BCUT2D eigenvalue weighted by Crippen LogP contribution is -2.36. The molecule has 7 heteroatoms.